The Morgan fingerprint density at radius 3 is 2.55 bits per heavy atom. The van der Waals surface area contributed by atoms with Gasteiger partial charge in [-0.1, -0.05) is 23.2 Å². The van der Waals surface area contributed by atoms with Crippen molar-refractivity contribution < 1.29 is 9.21 Å². The normalized spacial score (nSPS) is 10.9. The molecular weight excluding hydrogens is 323 g/mol. The van der Waals surface area contributed by atoms with Gasteiger partial charge in [-0.15, -0.1) is 0 Å². The van der Waals surface area contributed by atoms with E-state index < -0.39 is 0 Å². The molecule has 0 atom stereocenters. The summed E-state index contributed by atoms with van der Waals surface area (Å²) in [4.78, 5) is 17.6. The van der Waals surface area contributed by atoms with E-state index in [1.807, 2.05) is 0 Å². The van der Waals surface area contributed by atoms with E-state index in [2.05, 4.69) is 4.98 Å². The van der Waals surface area contributed by atoms with Crippen molar-refractivity contribution in [2.75, 3.05) is 14.1 Å². The van der Waals surface area contributed by atoms with E-state index in [4.69, 9.17) is 27.6 Å². The minimum absolute atomic E-state index is 0.109. The van der Waals surface area contributed by atoms with Crippen LogP contribution in [-0.2, 0) is 0 Å². The van der Waals surface area contributed by atoms with E-state index in [1.54, 1.807) is 50.6 Å². The Balaban J connectivity index is 2.07. The van der Waals surface area contributed by atoms with Crippen molar-refractivity contribution in [1.29, 1.82) is 0 Å². The van der Waals surface area contributed by atoms with Gasteiger partial charge in [-0.2, -0.15) is 0 Å². The summed E-state index contributed by atoms with van der Waals surface area (Å²) in [5.74, 6) is 0.451. The highest BCUT2D eigenvalue weighted by molar-refractivity contribution is 6.35. The zero-order valence-corrected chi connectivity index (χ0v) is 13.4. The first-order valence-electron chi connectivity index (χ1n) is 6.53. The Morgan fingerprint density at radius 1 is 1.14 bits per heavy atom. The zero-order chi connectivity index (χ0) is 15.9. The maximum absolute atomic E-state index is 11.9. The van der Waals surface area contributed by atoms with Crippen molar-refractivity contribution in [3.63, 3.8) is 0 Å². The number of pyridine rings is 1. The van der Waals surface area contributed by atoms with Crippen molar-refractivity contribution in [2.24, 2.45) is 0 Å². The third-order valence-electron chi connectivity index (χ3n) is 3.25. The highest BCUT2D eigenvalue weighted by atomic mass is 35.5. The quantitative estimate of drug-likeness (QED) is 0.692. The number of rotatable bonds is 2. The molecule has 0 aliphatic carbocycles. The number of fused-ring (bicyclic) bond motifs is 1. The lowest BCUT2D eigenvalue weighted by atomic mass is 10.1. The number of benzene rings is 1. The van der Waals surface area contributed by atoms with E-state index >= 15 is 0 Å². The Labute approximate surface area is 137 Å². The monoisotopic (exact) mass is 334 g/mol. The fraction of sp³-hybridized carbons (Fsp3) is 0.125. The minimum Gasteiger partial charge on any atom is -0.453 e. The Bertz CT molecular complexity index is 872. The van der Waals surface area contributed by atoms with Gasteiger partial charge in [0.25, 0.3) is 5.91 Å². The number of aromatic nitrogens is 1. The lowest BCUT2D eigenvalue weighted by Crippen LogP contribution is -2.21. The zero-order valence-electron chi connectivity index (χ0n) is 11.9. The van der Waals surface area contributed by atoms with Crippen LogP contribution in [0.25, 0.3) is 22.4 Å². The molecule has 0 spiro atoms. The SMILES string of the molecule is CN(C)C(=O)c1ccc(-c2cc3nccc(Cl)c3o2)c(Cl)c1. The number of amides is 1. The largest absolute Gasteiger partial charge is 0.453 e. The molecule has 2 aromatic heterocycles. The second-order valence-electron chi connectivity index (χ2n) is 5.01. The number of carbonyl (C=O) groups is 1. The highest BCUT2D eigenvalue weighted by Crippen LogP contribution is 2.34. The van der Waals surface area contributed by atoms with Gasteiger partial charge in [0.1, 0.15) is 11.3 Å². The maximum atomic E-state index is 11.9. The second-order valence-corrected chi connectivity index (χ2v) is 5.83. The van der Waals surface area contributed by atoms with Gasteiger partial charge in [-0.3, -0.25) is 9.78 Å². The van der Waals surface area contributed by atoms with Crippen LogP contribution in [0.5, 0.6) is 0 Å². The predicted octanol–water partition coefficient (Wildman–Crippen LogP) is 4.50. The molecule has 1 amide bonds. The smallest absolute Gasteiger partial charge is 0.253 e. The number of hydrogen-bond acceptors (Lipinski definition) is 3. The molecule has 3 aromatic rings. The Morgan fingerprint density at radius 2 is 1.91 bits per heavy atom. The Hall–Kier alpha value is -2.04. The van der Waals surface area contributed by atoms with Crippen LogP contribution in [0.4, 0.5) is 0 Å². The highest BCUT2D eigenvalue weighted by Gasteiger charge is 2.15. The topological polar surface area (TPSA) is 46.3 Å². The second kappa shape index (κ2) is 5.63. The van der Waals surface area contributed by atoms with Crippen molar-refractivity contribution in [3.8, 4) is 11.3 Å². The van der Waals surface area contributed by atoms with Gasteiger partial charge in [-0.25, -0.2) is 0 Å². The standard InChI is InChI=1S/C16H12Cl2N2O2/c1-20(2)16(21)9-3-4-10(12(18)7-9)14-8-13-15(22-14)11(17)5-6-19-13/h3-8H,1-2H3. The average molecular weight is 335 g/mol. The predicted molar refractivity (Wildman–Crippen MR) is 87.5 cm³/mol. The first-order chi connectivity index (χ1) is 10.5. The summed E-state index contributed by atoms with van der Waals surface area (Å²) in [6.45, 7) is 0. The van der Waals surface area contributed by atoms with Gasteiger partial charge >= 0.3 is 0 Å². The number of furan rings is 1. The molecular formula is C16H12Cl2N2O2. The van der Waals surface area contributed by atoms with Gasteiger partial charge in [-0.05, 0) is 24.3 Å². The van der Waals surface area contributed by atoms with Crippen LogP contribution in [-0.4, -0.2) is 29.9 Å². The summed E-state index contributed by atoms with van der Waals surface area (Å²) in [5, 5.41) is 0.926. The van der Waals surface area contributed by atoms with Crippen LogP contribution >= 0.6 is 23.2 Å². The molecule has 0 fully saturated rings. The van der Waals surface area contributed by atoms with Crippen molar-refractivity contribution in [1.82, 2.24) is 9.88 Å². The lowest BCUT2D eigenvalue weighted by molar-refractivity contribution is 0.0827. The molecule has 0 saturated heterocycles. The van der Waals surface area contributed by atoms with Crippen molar-refractivity contribution in [3.05, 3.63) is 52.1 Å². The summed E-state index contributed by atoms with van der Waals surface area (Å²) in [7, 11) is 3.38. The molecule has 6 heteroatoms. The molecule has 2 heterocycles. The van der Waals surface area contributed by atoms with Gasteiger partial charge in [0.2, 0.25) is 0 Å². The van der Waals surface area contributed by atoms with Crippen LogP contribution in [0, 0.1) is 0 Å². The minimum atomic E-state index is -0.109. The van der Waals surface area contributed by atoms with E-state index in [1.165, 1.54) is 4.90 Å². The summed E-state index contributed by atoms with van der Waals surface area (Å²) < 4.78 is 5.74. The molecule has 3 rings (SSSR count). The molecule has 0 aliphatic rings. The van der Waals surface area contributed by atoms with Crippen LogP contribution < -0.4 is 0 Å². The summed E-state index contributed by atoms with van der Waals surface area (Å²) >= 11 is 12.4. The third-order valence-corrected chi connectivity index (χ3v) is 3.86. The number of carbonyl (C=O) groups excluding carboxylic acids is 1. The average Bonchev–Trinajstić information content (AvgIpc) is 2.91. The molecule has 0 unspecified atom stereocenters. The fourth-order valence-corrected chi connectivity index (χ4v) is 2.61. The van der Waals surface area contributed by atoms with E-state index in [-0.39, 0.29) is 5.91 Å². The van der Waals surface area contributed by atoms with Crippen LogP contribution in [0.3, 0.4) is 0 Å². The first kappa shape index (κ1) is 14.9. The summed E-state index contributed by atoms with van der Waals surface area (Å²) in [6, 6.07) is 8.53. The molecule has 0 bridgehead atoms. The van der Waals surface area contributed by atoms with E-state index in [9.17, 15) is 4.79 Å². The van der Waals surface area contributed by atoms with Gasteiger partial charge in [0.05, 0.1) is 10.0 Å². The van der Waals surface area contributed by atoms with E-state index in [0.29, 0.717) is 38.0 Å². The number of nitrogens with zero attached hydrogens (tertiary/aromatic N) is 2. The number of halogens is 2. The molecule has 4 nitrogen and oxygen atoms in total. The summed E-state index contributed by atoms with van der Waals surface area (Å²) in [6.07, 6.45) is 1.62. The molecule has 0 saturated carbocycles. The summed E-state index contributed by atoms with van der Waals surface area (Å²) in [5.41, 5.74) is 2.38. The van der Waals surface area contributed by atoms with Gasteiger partial charge in [0, 0.05) is 37.5 Å². The van der Waals surface area contributed by atoms with Crippen molar-refractivity contribution >= 4 is 40.2 Å². The molecule has 0 radical (unpaired) electrons. The molecule has 112 valence electrons. The number of hydrogen-bond donors (Lipinski definition) is 0. The third kappa shape index (κ3) is 2.56. The fourth-order valence-electron chi connectivity index (χ4n) is 2.15. The lowest BCUT2D eigenvalue weighted by Gasteiger charge is -2.11. The van der Waals surface area contributed by atoms with Gasteiger partial charge < -0.3 is 9.32 Å². The van der Waals surface area contributed by atoms with Gasteiger partial charge in [0.15, 0.2) is 5.58 Å². The van der Waals surface area contributed by atoms with Crippen LogP contribution in [0.1, 0.15) is 10.4 Å². The maximum Gasteiger partial charge on any atom is 0.253 e. The van der Waals surface area contributed by atoms with Crippen LogP contribution in [0.15, 0.2) is 40.9 Å². The first-order valence-corrected chi connectivity index (χ1v) is 7.28. The molecule has 0 N–H and O–H groups in total. The Kier molecular flexibility index (Phi) is 3.81. The molecule has 1 aromatic carbocycles. The molecule has 22 heavy (non-hydrogen) atoms. The molecule has 0 aliphatic heterocycles. The van der Waals surface area contributed by atoms with Crippen LogP contribution in [0.2, 0.25) is 10.0 Å². The van der Waals surface area contributed by atoms with Crippen molar-refractivity contribution in [2.45, 2.75) is 0 Å². The van der Waals surface area contributed by atoms with E-state index in [0.717, 1.165) is 0 Å².